The molecule has 3 atom stereocenters. The highest BCUT2D eigenvalue weighted by atomic mass is 16.5. The van der Waals surface area contributed by atoms with Gasteiger partial charge in [-0.3, -0.25) is 4.90 Å². The molecule has 15 heavy (non-hydrogen) atoms. The maximum Gasteiger partial charge on any atom is 0.0622 e. The molecule has 0 bridgehead atoms. The summed E-state index contributed by atoms with van der Waals surface area (Å²) < 4.78 is 5.48. The Labute approximate surface area is 93.2 Å². The van der Waals surface area contributed by atoms with Crippen molar-refractivity contribution in [1.29, 1.82) is 0 Å². The standard InChI is InChI=1S/C12H24N2O/c1-10-3-6-14(7-4-11(2)13-10)12-5-8-15-9-12/h10-13H,3-9H2,1-2H3. The van der Waals surface area contributed by atoms with Crippen molar-refractivity contribution in [3.63, 3.8) is 0 Å². The first kappa shape index (κ1) is 11.4. The molecule has 0 amide bonds. The number of hydrogen-bond donors (Lipinski definition) is 1. The second kappa shape index (κ2) is 5.28. The number of nitrogens with zero attached hydrogens (tertiary/aromatic N) is 1. The van der Waals surface area contributed by atoms with Gasteiger partial charge < -0.3 is 10.1 Å². The third kappa shape index (κ3) is 3.16. The van der Waals surface area contributed by atoms with Crippen LogP contribution in [0.25, 0.3) is 0 Å². The van der Waals surface area contributed by atoms with Crippen molar-refractivity contribution < 1.29 is 4.74 Å². The van der Waals surface area contributed by atoms with Crippen LogP contribution in [-0.4, -0.2) is 49.3 Å². The summed E-state index contributed by atoms with van der Waals surface area (Å²) in [6, 6.07) is 2.01. The van der Waals surface area contributed by atoms with Crippen LogP contribution in [0, 0.1) is 0 Å². The normalized spacial score (nSPS) is 40.0. The first-order chi connectivity index (χ1) is 7.25. The summed E-state index contributed by atoms with van der Waals surface area (Å²) in [5.41, 5.74) is 0. The van der Waals surface area contributed by atoms with Gasteiger partial charge in [-0.05, 0) is 46.2 Å². The van der Waals surface area contributed by atoms with Gasteiger partial charge in [-0.25, -0.2) is 0 Å². The lowest BCUT2D eigenvalue weighted by atomic mass is 10.1. The van der Waals surface area contributed by atoms with Crippen LogP contribution in [0.2, 0.25) is 0 Å². The Balaban J connectivity index is 1.87. The SMILES string of the molecule is CC1CCN(C2CCOC2)CCC(C)N1. The Morgan fingerprint density at radius 3 is 2.27 bits per heavy atom. The number of nitrogens with one attached hydrogen (secondary N) is 1. The first-order valence-electron chi connectivity index (χ1n) is 6.33. The minimum atomic E-state index is 0.658. The van der Waals surface area contributed by atoms with Crippen molar-refractivity contribution in [2.75, 3.05) is 26.3 Å². The highest BCUT2D eigenvalue weighted by molar-refractivity contribution is 4.81. The lowest BCUT2D eigenvalue weighted by Gasteiger charge is -2.33. The largest absolute Gasteiger partial charge is 0.380 e. The molecule has 0 spiro atoms. The molecule has 3 nitrogen and oxygen atoms in total. The summed E-state index contributed by atoms with van der Waals surface area (Å²) >= 11 is 0. The Kier molecular flexibility index (Phi) is 4.00. The van der Waals surface area contributed by atoms with Crippen LogP contribution in [0.3, 0.4) is 0 Å². The molecule has 0 aromatic rings. The van der Waals surface area contributed by atoms with Gasteiger partial charge in [-0.2, -0.15) is 0 Å². The summed E-state index contributed by atoms with van der Waals surface area (Å²) in [7, 11) is 0. The van der Waals surface area contributed by atoms with Crippen LogP contribution in [0.5, 0.6) is 0 Å². The zero-order valence-electron chi connectivity index (χ0n) is 10.0. The van der Waals surface area contributed by atoms with Crippen LogP contribution >= 0.6 is 0 Å². The zero-order valence-corrected chi connectivity index (χ0v) is 10.0. The van der Waals surface area contributed by atoms with E-state index in [9.17, 15) is 0 Å². The van der Waals surface area contributed by atoms with Crippen LogP contribution < -0.4 is 5.32 Å². The zero-order chi connectivity index (χ0) is 10.7. The van der Waals surface area contributed by atoms with E-state index in [4.69, 9.17) is 4.74 Å². The van der Waals surface area contributed by atoms with Crippen LogP contribution in [-0.2, 0) is 4.74 Å². The van der Waals surface area contributed by atoms with E-state index in [2.05, 4.69) is 24.1 Å². The molecule has 3 heteroatoms. The van der Waals surface area contributed by atoms with Crippen molar-refractivity contribution in [3.8, 4) is 0 Å². The number of hydrogen-bond acceptors (Lipinski definition) is 3. The molecule has 2 fully saturated rings. The molecule has 2 rings (SSSR count). The number of rotatable bonds is 1. The van der Waals surface area contributed by atoms with E-state index < -0.39 is 0 Å². The Morgan fingerprint density at radius 1 is 1.07 bits per heavy atom. The summed E-state index contributed by atoms with van der Waals surface area (Å²) in [6.45, 7) is 8.97. The summed E-state index contributed by atoms with van der Waals surface area (Å²) in [6.07, 6.45) is 3.76. The molecule has 88 valence electrons. The molecule has 0 saturated carbocycles. The van der Waals surface area contributed by atoms with Crippen molar-refractivity contribution in [1.82, 2.24) is 10.2 Å². The van der Waals surface area contributed by atoms with Gasteiger partial charge in [-0.1, -0.05) is 0 Å². The fraction of sp³-hybridized carbons (Fsp3) is 1.00. The molecule has 2 aliphatic heterocycles. The van der Waals surface area contributed by atoms with E-state index >= 15 is 0 Å². The lowest BCUT2D eigenvalue weighted by Crippen LogP contribution is -2.46. The minimum Gasteiger partial charge on any atom is -0.380 e. The number of ether oxygens (including phenoxy) is 1. The van der Waals surface area contributed by atoms with Crippen molar-refractivity contribution in [3.05, 3.63) is 0 Å². The Bertz CT molecular complexity index is 180. The van der Waals surface area contributed by atoms with E-state index in [0.717, 1.165) is 13.2 Å². The van der Waals surface area contributed by atoms with E-state index in [1.165, 1.54) is 32.4 Å². The van der Waals surface area contributed by atoms with Gasteiger partial charge in [0.05, 0.1) is 6.61 Å². The maximum atomic E-state index is 5.48. The fourth-order valence-electron chi connectivity index (χ4n) is 2.66. The van der Waals surface area contributed by atoms with Gasteiger partial charge in [-0.15, -0.1) is 0 Å². The third-order valence-electron chi connectivity index (χ3n) is 3.69. The predicted octanol–water partition coefficient (Wildman–Crippen LogP) is 1.24. The van der Waals surface area contributed by atoms with Gasteiger partial charge >= 0.3 is 0 Å². The van der Waals surface area contributed by atoms with Crippen molar-refractivity contribution >= 4 is 0 Å². The topological polar surface area (TPSA) is 24.5 Å². The second-order valence-corrected chi connectivity index (χ2v) is 5.10. The molecule has 2 heterocycles. The summed E-state index contributed by atoms with van der Waals surface area (Å²) in [5.74, 6) is 0. The molecule has 3 unspecified atom stereocenters. The average molecular weight is 212 g/mol. The fourth-order valence-corrected chi connectivity index (χ4v) is 2.66. The average Bonchev–Trinajstić information content (AvgIpc) is 2.68. The van der Waals surface area contributed by atoms with Gasteiger partial charge in [0.15, 0.2) is 0 Å². The molecule has 2 aliphatic rings. The molecule has 0 aromatic carbocycles. The van der Waals surface area contributed by atoms with Crippen LogP contribution in [0.1, 0.15) is 33.1 Å². The smallest absolute Gasteiger partial charge is 0.0622 e. The van der Waals surface area contributed by atoms with Gasteiger partial charge in [0.25, 0.3) is 0 Å². The summed E-state index contributed by atoms with van der Waals surface area (Å²) in [5, 5.41) is 3.63. The highest BCUT2D eigenvalue weighted by Crippen LogP contribution is 2.16. The molecule has 2 saturated heterocycles. The molecular weight excluding hydrogens is 188 g/mol. The Hall–Kier alpha value is -0.120. The van der Waals surface area contributed by atoms with Crippen molar-refractivity contribution in [2.45, 2.75) is 51.2 Å². The van der Waals surface area contributed by atoms with E-state index in [-0.39, 0.29) is 0 Å². The molecule has 0 radical (unpaired) electrons. The van der Waals surface area contributed by atoms with E-state index in [0.29, 0.717) is 18.1 Å². The maximum absolute atomic E-state index is 5.48. The molecule has 1 N–H and O–H groups in total. The first-order valence-corrected chi connectivity index (χ1v) is 6.33. The predicted molar refractivity (Wildman–Crippen MR) is 62.1 cm³/mol. The molecular formula is C12H24N2O. The molecule has 0 aliphatic carbocycles. The lowest BCUT2D eigenvalue weighted by molar-refractivity contribution is 0.128. The van der Waals surface area contributed by atoms with Crippen molar-refractivity contribution in [2.24, 2.45) is 0 Å². The monoisotopic (exact) mass is 212 g/mol. The van der Waals surface area contributed by atoms with Gasteiger partial charge in [0.2, 0.25) is 0 Å². The van der Waals surface area contributed by atoms with E-state index in [1.54, 1.807) is 0 Å². The van der Waals surface area contributed by atoms with Crippen LogP contribution in [0.4, 0.5) is 0 Å². The van der Waals surface area contributed by atoms with E-state index in [1.807, 2.05) is 0 Å². The quantitative estimate of drug-likeness (QED) is 0.708. The van der Waals surface area contributed by atoms with Gasteiger partial charge in [0, 0.05) is 24.7 Å². The summed E-state index contributed by atoms with van der Waals surface area (Å²) in [4.78, 5) is 2.64. The Morgan fingerprint density at radius 2 is 1.73 bits per heavy atom. The van der Waals surface area contributed by atoms with Gasteiger partial charge in [0.1, 0.15) is 0 Å². The minimum absolute atomic E-state index is 0.658. The third-order valence-corrected chi connectivity index (χ3v) is 3.69. The van der Waals surface area contributed by atoms with Crippen LogP contribution in [0.15, 0.2) is 0 Å². The molecule has 0 aromatic heterocycles. The second-order valence-electron chi connectivity index (χ2n) is 5.10. The highest BCUT2D eigenvalue weighted by Gasteiger charge is 2.25.